The summed E-state index contributed by atoms with van der Waals surface area (Å²) in [5, 5.41) is 6.28. The molecule has 0 saturated carbocycles. The van der Waals surface area contributed by atoms with Crippen molar-refractivity contribution in [2.45, 2.75) is 26.8 Å². The molecule has 2 N–H and O–H groups in total. The van der Waals surface area contributed by atoms with E-state index in [0.717, 1.165) is 28.4 Å². The van der Waals surface area contributed by atoms with Crippen molar-refractivity contribution < 1.29 is 14.3 Å². The molecule has 2 aromatic carbocycles. The van der Waals surface area contributed by atoms with Crippen molar-refractivity contribution in [3.63, 3.8) is 0 Å². The summed E-state index contributed by atoms with van der Waals surface area (Å²) in [4.78, 5) is 11.9. The predicted molar refractivity (Wildman–Crippen MR) is 101 cm³/mol. The highest BCUT2D eigenvalue weighted by Crippen LogP contribution is 2.25. The highest BCUT2D eigenvalue weighted by atomic mass is 16.5. The number of anilines is 2. The Morgan fingerprint density at radius 3 is 2.48 bits per heavy atom. The molecule has 0 aliphatic carbocycles. The van der Waals surface area contributed by atoms with Gasteiger partial charge in [-0.25, -0.2) is 0 Å². The van der Waals surface area contributed by atoms with Crippen LogP contribution in [0.3, 0.4) is 0 Å². The van der Waals surface area contributed by atoms with E-state index in [1.54, 1.807) is 14.2 Å². The molecule has 0 aliphatic heterocycles. The van der Waals surface area contributed by atoms with Crippen molar-refractivity contribution in [3.8, 4) is 11.5 Å². The minimum absolute atomic E-state index is 0.0315. The van der Waals surface area contributed by atoms with Gasteiger partial charge in [0.25, 0.3) is 0 Å². The normalized spacial score (nSPS) is 10.4. The third-order valence-electron chi connectivity index (χ3n) is 3.72. The van der Waals surface area contributed by atoms with Crippen LogP contribution >= 0.6 is 0 Å². The first kappa shape index (κ1) is 18.6. The lowest BCUT2D eigenvalue weighted by Gasteiger charge is -2.13. The Bertz CT molecular complexity index is 714. The SMILES string of the molecule is COc1ccc(CNc2cccc(NC(=O)CC(C)C)c2)c(OC)c1. The number of hydrogen-bond donors (Lipinski definition) is 2. The maximum atomic E-state index is 11.9. The second-order valence-electron chi connectivity index (χ2n) is 6.26. The van der Waals surface area contributed by atoms with Crippen LogP contribution in [0.2, 0.25) is 0 Å². The molecule has 0 aliphatic rings. The van der Waals surface area contributed by atoms with E-state index in [2.05, 4.69) is 10.6 Å². The molecule has 0 bridgehead atoms. The lowest BCUT2D eigenvalue weighted by molar-refractivity contribution is -0.116. The van der Waals surface area contributed by atoms with Gasteiger partial charge in [0.15, 0.2) is 0 Å². The van der Waals surface area contributed by atoms with Crippen molar-refractivity contribution in [1.82, 2.24) is 0 Å². The first-order valence-corrected chi connectivity index (χ1v) is 8.36. The number of benzene rings is 2. The van der Waals surface area contributed by atoms with Gasteiger partial charge in [0, 0.05) is 36.0 Å². The molecular weight excluding hydrogens is 316 g/mol. The topological polar surface area (TPSA) is 59.6 Å². The molecule has 0 saturated heterocycles. The zero-order valence-corrected chi connectivity index (χ0v) is 15.3. The first-order chi connectivity index (χ1) is 12.0. The van der Waals surface area contributed by atoms with E-state index >= 15 is 0 Å². The molecule has 2 rings (SSSR count). The van der Waals surface area contributed by atoms with Gasteiger partial charge in [0.2, 0.25) is 5.91 Å². The van der Waals surface area contributed by atoms with Crippen LogP contribution < -0.4 is 20.1 Å². The van der Waals surface area contributed by atoms with Crippen molar-refractivity contribution in [3.05, 3.63) is 48.0 Å². The molecule has 0 radical (unpaired) electrons. The number of rotatable bonds is 8. The van der Waals surface area contributed by atoms with Gasteiger partial charge in [-0.2, -0.15) is 0 Å². The van der Waals surface area contributed by atoms with Crippen LogP contribution in [0.4, 0.5) is 11.4 Å². The molecular formula is C20H26N2O3. The molecule has 2 aromatic rings. The molecule has 1 amide bonds. The number of carbonyl (C=O) groups is 1. The monoisotopic (exact) mass is 342 g/mol. The molecule has 5 heteroatoms. The van der Waals surface area contributed by atoms with Gasteiger partial charge in [0.05, 0.1) is 14.2 Å². The van der Waals surface area contributed by atoms with Crippen LogP contribution in [0.25, 0.3) is 0 Å². The Kier molecular flexibility index (Phi) is 6.69. The summed E-state index contributed by atoms with van der Waals surface area (Å²) < 4.78 is 10.6. The molecule has 134 valence electrons. The van der Waals surface area contributed by atoms with E-state index in [1.165, 1.54) is 0 Å². The van der Waals surface area contributed by atoms with E-state index in [-0.39, 0.29) is 5.91 Å². The third kappa shape index (κ3) is 5.71. The van der Waals surface area contributed by atoms with E-state index < -0.39 is 0 Å². The van der Waals surface area contributed by atoms with E-state index in [1.807, 2.05) is 56.3 Å². The summed E-state index contributed by atoms with van der Waals surface area (Å²) in [5.74, 6) is 1.90. The smallest absolute Gasteiger partial charge is 0.224 e. The number of methoxy groups -OCH3 is 2. The lowest BCUT2D eigenvalue weighted by Crippen LogP contribution is -2.13. The summed E-state index contributed by atoms with van der Waals surface area (Å²) in [6, 6.07) is 13.4. The molecule has 5 nitrogen and oxygen atoms in total. The van der Waals surface area contributed by atoms with Gasteiger partial charge in [0.1, 0.15) is 11.5 Å². The highest BCUT2D eigenvalue weighted by Gasteiger charge is 2.07. The lowest BCUT2D eigenvalue weighted by atomic mass is 10.1. The summed E-state index contributed by atoms with van der Waals surface area (Å²) in [6.45, 7) is 4.66. The van der Waals surface area contributed by atoms with Gasteiger partial charge in [-0.05, 0) is 36.2 Å². The molecule has 0 unspecified atom stereocenters. The van der Waals surface area contributed by atoms with Crippen LogP contribution in [0, 0.1) is 5.92 Å². The van der Waals surface area contributed by atoms with E-state index in [9.17, 15) is 4.79 Å². The summed E-state index contributed by atoms with van der Waals surface area (Å²) >= 11 is 0. The maximum Gasteiger partial charge on any atom is 0.224 e. The average molecular weight is 342 g/mol. The second-order valence-corrected chi connectivity index (χ2v) is 6.26. The average Bonchev–Trinajstić information content (AvgIpc) is 2.59. The molecule has 0 atom stereocenters. The number of ether oxygens (including phenoxy) is 2. The van der Waals surface area contributed by atoms with Crippen molar-refractivity contribution in [2.75, 3.05) is 24.9 Å². The third-order valence-corrected chi connectivity index (χ3v) is 3.72. The first-order valence-electron chi connectivity index (χ1n) is 8.36. The minimum atomic E-state index is 0.0315. The fourth-order valence-electron chi connectivity index (χ4n) is 2.48. The summed E-state index contributed by atoms with van der Waals surface area (Å²) in [5.41, 5.74) is 2.75. The Morgan fingerprint density at radius 2 is 1.80 bits per heavy atom. The zero-order chi connectivity index (χ0) is 18.2. The highest BCUT2D eigenvalue weighted by molar-refractivity contribution is 5.91. The number of carbonyl (C=O) groups excluding carboxylic acids is 1. The Morgan fingerprint density at radius 1 is 1.04 bits per heavy atom. The number of amides is 1. The molecule has 0 spiro atoms. The molecule has 0 aromatic heterocycles. The molecule has 0 heterocycles. The maximum absolute atomic E-state index is 11.9. The standard InChI is InChI=1S/C20H26N2O3/c1-14(2)10-20(23)22-17-7-5-6-16(11-17)21-13-15-8-9-18(24-3)12-19(15)25-4/h5-9,11-12,14,21H,10,13H2,1-4H3,(H,22,23). The van der Waals surface area contributed by atoms with Gasteiger partial charge < -0.3 is 20.1 Å². The fraction of sp³-hybridized carbons (Fsp3) is 0.350. The van der Waals surface area contributed by atoms with Crippen molar-refractivity contribution in [1.29, 1.82) is 0 Å². The fourth-order valence-corrected chi connectivity index (χ4v) is 2.48. The Hall–Kier alpha value is -2.69. The number of hydrogen-bond acceptors (Lipinski definition) is 4. The van der Waals surface area contributed by atoms with Crippen LogP contribution in [-0.2, 0) is 11.3 Å². The molecule has 0 fully saturated rings. The van der Waals surface area contributed by atoms with Crippen molar-refractivity contribution in [2.24, 2.45) is 5.92 Å². The van der Waals surface area contributed by atoms with Gasteiger partial charge >= 0.3 is 0 Å². The van der Waals surface area contributed by atoms with Crippen LogP contribution in [0.15, 0.2) is 42.5 Å². The zero-order valence-electron chi connectivity index (χ0n) is 15.3. The van der Waals surface area contributed by atoms with E-state index in [0.29, 0.717) is 18.9 Å². The van der Waals surface area contributed by atoms with E-state index in [4.69, 9.17) is 9.47 Å². The van der Waals surface area contributed by atoms with Crippen LogP contribution in [0.5, 0.6) is 11.5 Å². The minimum Gasteiger partial charge on any atom is -0.497 e. The van der Waals surface area contributed by atoms with Crippen LogP contribution in [0.1, 0.15) is 25.8 Å². The summed E-state index contributed by atoms with van der Waals surface area (Å²) in [6.07, 6.45) is 0.515. The Labute approximate surface area is 149 Å². The van der Waals surface area contributed by atoms with Gasteiger partial charge in [-0.1, -0.05) is 19.9 Å². The quantitative estimate of drug-likeness (QED) is 0.751. The largest absolute Gasteiger partial charge is 0.497 e. The van der Waals surface area contributed by atoms with Crippen molar-refractivity contribution >= 4 is 17.3 Å². The second kappa shape index (κ2) is 8.97. The Balaban J connectivity index is 2.02. The van der Waals surface area contributed by atoms with Gasteiger partial charge in [-0.15, -0.1) is 0 Å². The van der Waals surface area contributed by atoms with Gasteiger partial charge in [-0.3, -0.25) is 4.79 Å². The molecule has 25 heavy (non-hydrogen) atoms. The number of nitrogens with one attached hydrogen (secondary N) is 2. The predicted octanol–water partition coefficient (Wildman–Crippen LogP) is 4.30. The van der Waals surface area contributed by atoms with Crippen LogP contribution in [-0.4, -0.2) is 20.1 Å². The summed E-state index contributed by atoms with van der Waals surface area (Å²) in [7, 11) is 3.27.